The van der Waals surface area contributed by atoms with E-state index in [1.54, 1.807) is 197 Å². The van der Waals surface area contributed by atoms with Crippen LogP contribution in [0, 0.1) is 9.02 Å². The zero-order valence-electron chi connectivity index (χ0n) is 46.0. The predicted octanol–water partition coefficient (Wildman–Crippen LogP) is 14.9. The van der Waals surface area contributed by atoms with Crippen molar-refractivity contribution < 1.29 is 76.0 Å². The van der Waals surface area contributed by atoms with Gasteiger partial charge in [-0.3, -0.25) is 0 Å². The molecule has 0 unspecified atom stereocenters. The van der Waals surface area contributed by atoms with Gasteiger partial charge in [-0.05, 0) is 117 Å². The van der Waals surface area contributed by atoms with Crippen molar-refractivity contribution in [1.82, 2.24) is 0 Å². The lowest BCUT2D eigenvalue weighted by Gasteiger charge is -2.19. The maximum Gasteiger partial charge on any atom is 0.339 e. The number of hydrogen-bond acceptors (Lipinski definition) is 20. The molecule has 0 spiro atoms. The molecule has 0 radical (unpaired) electrons. The van der Waals surface area contributed by atoms with E-state index in [4.69, 9.17) is 56.8 Å². The van der Waals surface area contributed by atoms with Crippen molar-refractivity contribution in [3.05, 3.63) is 151 Å². The van der Waals surface area contributed by atoms with Crippen molar-refractivity contribution in [2.45, 2.75) is 46.0 Å². The number of methoxy groups -OCH3 is 8. The number of fused-ring (bicyclic) bond motifs is 6. The Balaban J connectivity index is 0.953. The van der Waals surface area contributed by atoms with Crippen LogP contribution in [0.3, 0.4) is 0 Å². The smallest absolute Gasteiger partial charge is 0.339 e. The zero-order chi connectivity index (χ0) is 58.2. The van der Waals surface area contributed by atoms with E-state index >= 15 is 0 Å². The Kier molecular flexibility index (Phi) is 14.8. The summed E-state index contributed by atoms with van der Waals surface area (Å²) in [6, 6.07) is 28.1. The minimum absolute atomic E-state index is 0.0491. The first-order chi connectivity index (χ1) is 40.8. The summed E-state index contributed by atoms with van der Waals surface area (Å²) in [4.78, 5) is 62.6. The Hall–Kier alpha value is -7.60. The topological polar surface area (TPSA) is 179 Å². The second-order valence-electron chi connectivity index (χ2n) is 19.4. The Morgan fingerprint density at radius 2 is 0.488 bits per heavy atom. The highest BCUT2D eigenvalue weighted by Gasteiger charge is 2.40. The second-order valence-corrected chi connectivity index (χ2v) is 30.7. The lowest BCUT2D eigenvalue weighted by atomic mass is 9.93. The Morgan fingerprint density at radius 3 is 0.667 bits per heavy atom. The minimum Gasteiger partial charge on any atom is -0.497 e. The van der Waals surface area contributed by atoms with Gasteiger partial charge in [-0.1, -0.05) is 60.3 Å². The van der Waals surface area contributed by atoms with Crippen molar-refractivity contribution in [1.29, 1.82) is 0 Å². The summed E-state index contributed by atoms with van der Waals surface area (Å²) >= 11 is 0. The van der Waals surface area contributed by atoms with Crippen LogP contribution in [-0.2, 0) is 45.4 Å². The first-order valence-electron chi connectivity index (χ1n) is 25.7. The van der Waals surface area contributed by atoms with Crippen LogP contribution in [0.25, 0.3) is 43.1 Å². The fourth-order valence-electron chi connectivity index (χ4n) is 10.6. The van der Waals surface area contributed by atoms with E-state index in [1.165, 1.54) is 9.02 Å². The highest BCUT2D eigenvalue weighted by Crippen LogP contribution is 2.75. The molecule has 16 nitrogen and oxygen atoms in total. The highest BCUT2D eigenvalue weighted by molar-refractivity contribution is 9.14. The molecular weight excluding hydrogens is 1190 g/mol. The monoisotopic (exact) mass is 1240 g/mol. The standard InChI is InChI=1S/C62H48O16S6/c1-67-33-9-29(10-34(17-33)68-2)25-75-59(63)45-21-41-42(22-46(45)60(64)76-26-30-11-35(69-3)18-36(12-30)70-4)54-50-49-53(41)79-83-57(49)51-52-56(82-84(80-54)58(50)52)44-24-48(62(66)78-28-32-15-39(73-7)20-40(16-32)74-8)47(23-43(44)55(51)81-83)61(65)77-27-31-13-37(71-5)19-38(14-31)72-6/h9-24H,25-28H2,1-8H3. The third-order valence-electron chi connectivity index (χ3n) is 14.6. The van der Waals surface area contributed by atoms with Crippen molar-refractivity contribution in [3.8, 4) is 46.0 Å². The van der Waals surface area contributed by atoms with Crippen LogP contribution in [0.2, 0.25) is 0 Å². The van der Waals surface area contributed by atoms with Gasteiger partial charge < -0.3 is 56.8 Å². The van der Waals surface area contributed by atoms with Crippen molar-refractivity contribution in [2.75, 3.05) is 56.9 Å². The van der Waals surface area contributed by atoms with E-state index in [0.717, 1.165) is 62.7 Å². The summed E-state index contributed by atoms with van der Waals surface area (Å²) in [5.74, 6) is 1.32. The van der Waals surface area contributed by atoms with Gasteiger partial charge in [0.15, 0.2) is 0 Å². The second kappa shape index (κ2) is 22.4. The lowest BCUT2D eigenvalue weighted by Crippen LogP contribution is -2.15. The van der Waals surface area contributed by atoms with E-state index in [9.17, 15) is 19.2 Å². The van der Waals surface area contributed by atoms with Gasteiger partial charge in [0.25, 0.3) is 0 Å². The number of rotatable bonds is 20. The molecule has 0 atom stereocenters. The van der Waals surface area contributed by atoms with Crippen LogP contribution in [-0.4, -0.2) is 80.8 Å². The van der Waals surface area contributed by atoms with Gasteiger partial charge in [0.2, 0.25) is 0 Å². The number of carbonyl (C=O) groups excluding carboxylic acids is 4. The molecule has 4 aliphatic rings. The molecule has 4 aliphatic heterocycles. The summed E-state index contributed by atoms with van der Waals surface area (Å²) in [5, 5.41) is 7.72. The van der Waals surface area contributed by atoms with Crippen LogP contribution in [0.1, 0.15) is 63.7 Å². The van der Waals surface area contributed by atoms with E-state index in [-0.39, 0.29) is 48.7 Å². The summed E-state index contributed by atoms with van der Waals surface area (Å²) < 4.78 is 70.4. The van der Waals surface area contributed by atoms with E-state index in [1.807, 2.05) is 0 Å². The van der Waals surface area contributed by atoms with Gasteiger partial charge >= 0.3 is 23.9 Å². The maximum atomic E-state index is 14.6. The first-order valence-corrected chi connectivity index (χ1v) is 33.5. The fourth-order valence-corrected chi connectivity index (χ4v) is 25.7. The van der Waals surface area contributed by atoms with Gasteiger partial charge in [0.1, 0.15) is 72.4 Å². The molecule has 22 heteroatoms. The molecule has 0 aromatic heterocycles. The fraction of sp³-hybridized carbons (Fsp3) is 0.194. The molecule has 9 aromatic rings. The Bertz CT molecular complexity index is 3890. The maximum absolute atomic E-state index is 14.6. The number of benzene rings is 9. The zero-order valence-corrected chi connectivity index (χ0v) is 50.9. The van der Waals surface area contributed by atoms with Crippen molar-refractivity contribution in [3.63, 3.8) is 0 Å². The number of hydrogen-bond donors (Lipinski definition) is 0. The van der Waals surface area contributed by atoms with E-state index < -0.39 is 41.0 Å². The first kappa shape index (κ1) is 55.6. The summed E-state index contributed by atoms with van der Waals surface area (Å²) in [7, 11) is 18.2. The average molecular weight is 1240 g/mol. The van der Waals surface area contributed by atoms with Gasteiger partial charge in [0, 0.05) is 74.4 Å². The predicted molar refractivity (Wildman–Crippen MR) is 327 cm³/mol. The number of carbonyl (C=O) groups is 4. The van der Waals surface area contributed by atoms with Crippen LogP contribution in [0.5, 0.6) is 46.0 Å². The van der Waals surface area contributed by atoms with Gasteiger partial charge in [-0.25, -0.2) is 19.2 Å². The molecule has 428 valence electrons. The number of esters is 4. The van der Waals surface area contributed by atoms with Crippen LogP contribution in [0.15, 0.2) is 117 Å². The molecule has 0 N–H and O–H groups in total. The van der Waals surface area contributed by atoms with Gasteiger partial charge in [-0.15, -0.1) is 0 Å². The van der Waals surface area contributed by atoms with Crippen LogP contribution in [0.4, 0.5) is 0 Å². The molecule has 4 heterocycles. The third-order valence-corrected chi connectivity index (χ3v) is 27.3. The molecule has 9 aromatic carbocycles. The molecule has 0 fully saturated rings. The number of ether oxygens (including phenoxy) is 12. The summed E-state index contributed by atoms with van der Waals surface area (Å²) in [5.41, 5.74) is 2.68. The van der Waals surface area contributed by atoms with Crippen molar-refractivity contribution >= 4 is 127 Å². The average Bonchev–Trinajstić information content (AvgIpc) is 1.49. The van der Waals surface area contributed by atoms with Crippen molar-refractivity contribution in [2.24, 2.45) is 0 Å². The quantitative estimate of drug-likeness (QED) is 0.0231. The van der Waals surface area contributed by atoms with Crippen LogP contribution < -0.4 is 37.9 Å². The molecule has 84 heavy (non-hydrogen) atoms. The normalized spacial score (nSPS) is 13.3. The molecule has 0 saturated heterocycles. The van der Waals surface area contributed by atoms with E-state index in [0.29, 0.717) is 68.2 Å². The van der Waals surface area contributed by atoms with Crippen LogP contribution >= 0.6 is 60.3 Å². The minimum atomic E-state index is -0.718. The molecule has 0 aliphatic carbocycles. The third kappa shape index (κ3) is 9.59. The molecule has 13 rings (SSSR count). The SMILES string of the molecule is COc1cc(COC(=O)c2cc3c4c5c6c7c(c8cc(C(=O)OCc9cc(OC)cc(OC)c9)c(C(=O)OCc9cc(OC)cc(OC)c9)cc8c8c7c7c5c(c3cc2C(=O)OCc2cc(OC)cc(OC)c2)SS=7S8)SS=6S4)cc(OC)c1. The van der Waals surface area contributed by atoms with E-state index in [2.05, 4.69) is 0 Å². The molecular formula is C62H48O16S6. The molecule has 0 amide bonds. The summed E-state index contributed by atoms with van der Waals surface area (Å²) in [6.45, 7) is -0.555. The highest BCUT2D eigenvalue weighted by atomic mass is 33.5. The summed E-state index contributed by atoms with van der Waals surface area (Å²) in [6.07, 6.45) is 0. The molecule has 0 saturated carbocycles. The largest absolute Gasteiger partial charge is 0.497 e. The Labute approximate surface area is 499 Å². The lowest BCUT2D eigenvalue weighted by molar-refractivity contribution is 0.0425. The van der Waals surface area contributed by atoms with Gasteiger partial charge in [0.05, 0.1) is 79.1 Å². The van der Waals surface area contributed by atoms with Gasteiger partial charge in [-0.2, -0.15) is 0 Å². The Morgan fingerprint density at radius 1 is 0.298 bits per heavy atom. The molecule has 0 bridgehead atoms.